The normalized spacial score (nSPS) is 13.0. The van der Waals surface area contributed by atoms with Crippen LogP contribution in [0, 0.1) is 6.92 Å². The standard InChI is InChI=1S/C19H20N4O2.ClH/c1-13-9-17(18(25-13)14-5-3-2-4-6-14)19(24)21-11-15-10-16-12-20-7-8-23(16)22-15;/h2-6,9-10,20H,7-8,11-12H2,1H3,(H,21,24);1H. The number of fused-ring (bicyclic) bond motifs is 1. The molecule has 0 saturated carbocycles. The lowest BCUT2D eigenvalue weighted by atomic mass is 10.1. The van der Waals surface area contributed by atoms with Crippen molar-refractivity contribution in [1.29, 1.82) is 0 Å². The van der Waals surface area contributed by atoms with Gasteiger partial charge in [-0.3, -0.25) is 9.48 Å². The molecule has 0 bridgehead atoms. The first kappa shape index (κ1) is 18.2. The van der Waals surface area contributed by atoms with Crippen molar-refractivity contribution in [1.82, 2.24) is 20.4 Å². The first-order valence-corrected chi connectivity index (χ1v) is 8.41. The summed E-state index contributed by atoms with van der Waals surface area (Å²) in [5, 5.41) is 10.8. The molecule has 0 unspecified atom stereocenters. The Morgan fingerprint density at radius 3 is 2.88 bits per heavy atom. The van der Waals surface area contributed by atoms with Gasteiger partial charge in [0.15, 0.2) is 0 Å². The Hall–Kier alpha value is -2.57. The average Bonchev–Trinajstić information content (AvgIpc) is 3.23. The van der Waals surface area contributed by atoms with Crippen molar-refractivity contribution in [2.75, 3.05) is 6.54 Å². The molecule has 6 nitrogen and oxygen atoms in total. The maximum Gasteiger partial charge on any atom is 0.255 e. The largest absolute Gasteiger partial charge is 0.461 e. The van der Waals surface area contributed by atoms with Gasteiger partial charge in [-0.25, -0.2) is 0 Å². The highest BCUT2D eigenvalue weighted by atomic mass is 35.5. The number of carbonyl (C=O) groups excluding carboxylic acids is 1. The molecule has 1 aromatic carbocycles. The lowest BCUT2D eigenvalue weighted by molar-refractivity contribution is 0.0950. The zero-order valence-electron chi connectivity index (χ0n) is 14.5. The highest BCUT2D eigenvalue weighted by molar-refractivity contribution is 5.99. The number of nitrogens with zero attached hydrogens (tertiary/aromatic N) is 2. The van der Waals surface area contributed by atoms with Crippen LogP contribution in [0.3, 0.4) is 0 Å². The molecule has 7 heteroatoms. The summed E-state index contributed by atoms with van der Waals surface area (Å²) in [5.74, 6) is 1.16. The van der Waals surface area contributed by atoms with Crippen LogP contribution in [0.4, 0.5) is 0 Å². The van der Waals surface area contributed by atoms with Crippen molar-refractivity contribution in [3.8, 4) is 11.3 Å². The van der Waals surface area contributed by atoms with Crippen molar-refractivity contribution in [3.05, 3.63) is 65.2 Å². The Labute approximate surface area is 158 Å². The molecular formula is C19H21ClN4O2. The lowest BCUT2D eigenvalue weighted by Gasteiger charge is -2.13. The van der Waals surface area contributed by atoms with E-state index < -0.39 is 0 Å². The second-order valence-electron chi connectivity index (χ2n) is 6.18. The molecule has 3 aromatic rings. The minimum absolute atomic E-state index is 0. The number of nitrogens with one attached hydrogen (secondary N) is 2. The molecule has 0 atom stereocenters. The number of rotatable bonds is 4. The van der Waals surface area contributed by atoms with Gasteiger partial charge < -0.3 is 15.1 Å². The van der Waals surface area contributed by atoms with Crippen LogP contribution in [0.5, 0.6) is 0 Å². The van der Waals surface area contributed by atoms with E-state index >= 15 is 0 Å². The highest BCUT2D eigenvalue weighted by Gasteiger charge is 2.19. The highest BCUT2D eigenvalue weighted by Crippen LogP contribution is 2.27. The molecule has 0 fully saturated rings. The number of aryl methyl sites for hydroxylation is 1. The minimum atomic E-state index is -0.153. The summed E-state index contributed by atoms with van der Waals surface area (Å²) >= 11 is 0. The van der Waals surface area contributed by atoms with Crippen molar-refractivity contribution in [2.24, 2.45) is 0 Å². The molecule has 1 aliphatic rings. The second kappa shape index (κ2) is 7.76. The Morgan fingerprint density at radius 1 is 1.31 bits per heavy atom. The molecule has 0 spiro atoms. The van der Waals surface area contributed by atoms with E-state index in [4.69, 9.17) is 4.42 Å². The fourth-order valence-corrected chi connectivity index (χ4v) is 3.09. The lowest BCUT2D eigenvalue weighted by Crippen LogP contribution is -2.28. The molecule has 4 rings (SSSR count). The predicted molar refractivity (Wildman–Crippen MR) is 101 cm³/mol. The Morgan fingerprint density at radius 2 is 2.12 bits per heavy atom. The van der Waals surface area contributed by atoms with Gasteiger partial charge in [-0.2, -0.15) is 5.10 Å². The van der Waals surface area contributed by atoms with Gasteiger partial charge in [0.25, 0.3) is 5.91 Å². The Bertz CT molecular complexity index is 878. The van der Waals surface area contributed by atoms with Crippen LogP contribution in [0.1, 0.15) is 27.5 Å². The number of hydrogen-bond donors (Lipinski definition) is 2. The van der Waals surface area contributed by atoms with Crippen LogP contribution in [0.25, 0.3) is 11.3 Å². The number of furan rings is 1. The smallest absolute Gasteiger partial charge is 0.255 e. The van der Waals surface area contributed by atoms with E-state index in [1.165, 1.54) is 0 Å². The summed E-state index contributed by atoms with van der Waals surface area (Å²) in [4.78, 5) is 12.7. The molecule has 2 aromatic heterocycles. The zero-order chi connectivity index (χ0) is 17.2. The topological polar surface area (TPSA) is 72.1 Å². The third kappa shape index (κ3) is 3.66. The molecule has 136 valence electrons. The molecular weight excluding hydrogens is 352 g/mol. The molecule has 2 N–H and O–H groups in total. The first-order valence-electron chi connectivity index (χ1n) is 8.41. The van der Waals surface area contributed by atoms with Crippen molar-refractivity contribution in [3.63, 3.8) is 0 Å². The van der Waals surface area contributed by atoms with E-state index in [9.17, 15) is 4.79 Å². The minimum Gasteiger partial charge on any atom is -0.461 e. The van der Waals surface area contributed by atoms with Gasteiger partial charge >= 0.3 is 0 Å². The van der Waals surface area contributed by atoms with Crippen molar-refractivity contribution in [2.45, 2.75) is 26.6 Å². The van der Waals surface area contributed by atoms with Gasteiger partial charge in [-0.15, -0.1) is 12.4 Å². The van der Waals surface area contributed by atoms with Gasteiger partial charge in [0.05, 0.1) is 30.0 Å². The summed E-state index contributed by atoms with van der Waals surface area (Å²) in [5.41, 5.74) is 3.46. The van der Waals surface area contributed by atoms with E-state index in [-0.39, 0.29) is 18.3 Å². The molecule has 1 aliphatic heterocycles. The van der Waals surface area contributed by atoms with E-state index in [1.807, 2.05) is 48.0 Å². The Balaban J connectivity index is 0.00000196. The maximum absolute atomic E-state index is 12.7. The Kier molecular flexibility index (Phi) is 5.44. The summed E-state index contributed by atoms with van der Waals surface area (Å²) < 4.78 is 7.75. The van der Waals surface area contributed by atoms with E-state index in [0.29, 0.717) is 23.6 Å². The summed E-state index contributed by atoms with van der Waals surface area (Å²) in [6, 6.07) is 13.5. The third-order valence-corrected chi connectivity index (χ3v) is 4.29. The van der Waals surface area contributed by atoms with Crippen LogP contribution in [0.2, 0.25) is 0 Å². The number of halogens is 1. The number of benzene rings is 1. The second-order valence-corrected chi connectivity index (χ2v) is 6.18. The monoisotopic (exact) mass is 372 g/mol. The van der Waals surface area contributed by atoms with Crippen molar-refractivity contribution < 1.29 is 9.21 Å². The van der Waals surface area contributed by atoms with Crippen LogP contribution in [-0.2, 0) is 19.6 Å². The number of hydrogen-bond acceptors (Lipinski definition) is 4. The maximum atomic E-state index is 12.7. The van der Waals surface area contributed by atoms with Crippen LogP contribution in [0.15, 0.2) is 46.9 Å². The SMILES string of the molecule is Cc1cc(C(=O)NCc2cc3n(n2)CCNC3)c(-c2ccccc2)o1.Cl. The first-order chi connectivity index (χ1) is 12.2. The van der Waals surface area contributed by atoms with E-state index in [2.05, 4.69) is 15.7 Å². The summed E-state index contributed by atoms with van der Waals surface area (Å²) in [6.45, 7) is 4.86. The van der Waals surface area contributed by atoms with Gasteiger partial charge in [-0.1, -0.05) is 30.3 Å². The van der Waals surface area contributed by atoms with Gasteiger partial charge in [0, 0.05) is 18.7 Å². The molecule has 26 heavy (non-hydrogen) atoms. The molecule has 1 amide bonds. The van der Waals surface area contributed by atoms with Gasteiger partial charge in [0.2, 0.25) is 0 Å². The summed E-state index contributed by atoms with van der Waals surface area (Å²) in [7, 11) is 0. The molecule has 0 aliphatic carbocycles. The van der Waals surface area contributed by atoms with Crippen LogP contribution in [-0.4, -0.2) is 22.2 Å². The number of carbonyl (C=O) groups is 1. The number of aromatic nitrogens is 2. The molecule has 0 radical (unpaired) electrons. The third-order valence-electron chi connectivity index (χ3n) is 4.29. The zero-order valence-corrected chi connectivity index (χ0v) is 15.3. The van der Waals surface area contributed by atoms with Crippen LogP contribution >= 0.6 is 12.4 Å². The molecule has 3 heterocycles. The van der Waals surface area contributed by atoms with Gasteiger partial charge in [-0.05, 0) is 19.1 Å². The van der Waals surface area contributed by atoms with E-state index in [0.717, 1.165) is 36.6 Å². The molecule has 0 saturated heterocycles. The fourth-order valence-electron chi connectivity index (χ4n) is 3.09. The predicted octanol–water partition coefficient (Wildman–Crippen LogP) is 2.91. The number of amides is 1. The van der Waals surface area contributed by atoms with E-state index in [1.54, 1.807) is 6.07 Å². The van der Waals surface area contributed by atoms with Crippen LogP contribution < -0.4 is 10.6 Å². The average molecular weight is 373 g/mol. The fraction of sp³-hybridized carbons (Fsp3) is 0.263. The van der Waals surface area contributed by atoms with Crippen molar-refractivity contribution >= 4 is 18.3 Å². The van der Waals surface area contributed by atoms with Gasteiger partial charge in [0.1, 0.15) is 11.5 Å². The quantitative estimate of drug-likeness (QED) is 0.738. The summed E-state index contributed by atoms with van der Waals surface area (Å²) in [6.07, 6.45) is 0.